The molecule has 1 N–H and O–H groups in total. The number of carbonyl (C=O) groups excluding carboxylic acids is 1. The minimum absolute atomic E-state index is 0.0270. The van der Waals surface area contributed by atoms with Crippen LogP contribution in [0.4, 0.5) is 10.5 Å². The molecule has 0 bridgehead atoms. The monoisotopic (exact) mass is 388 g/mol. The van der Waals surface area contributed by atoms with Crippen molar-refractivity contribution in [2.45, 2.75) is 96.9 Å². The molecule has 0 aromatic heterocycles. The molecule has 1 saturated heterocycles. The van der Waals surface area contributed by atoms with E-state index in [-0.39, 0.29) is 6.03 Å². The predicted octanol–water partition coefficient (Wildman–Crippen LogP) is 7.00. The number of carbonyl (C=O) groups is 1. The summed E-state index contributed by atoms with van der Waals surface area (Å²) >= 11 is 0. The minimum Gasteiger partial charge on any atom is -0.494 e. The summed E-state index contributed by atoms with van der Waals surface area (Å²) in [6.45, 7) is 6.06. The van der Waals surface area contributed by atoms with Gasteiger partial charge in [0.25, 0.3) is 0 Å². The molecule has 0 spiro atoms. The third-order valence-corrected chi connectivity index (χ3v) is 5.73. The lowest BCUT2D eigenvalue weighted by Crippen LogP contribution is -2.45. The third-order valence-electron chi connectivity index (χ3n) is 5.73. The van der Waals surface area contributed by atoms with Gasteiger partial charge >= 0.3 is 6.03 Å². The Bertz CT molecular complexity index is 544. The number of nitrogens with one attached hydrogen (secondary N) is 1. The van der Waals surface area contributed by atoms with Crippen LogP contribution in [-0.4, -0.2) is 30.1 Å². The standard InChI is InChI=1S/C24H40N2O2/c1-3-5-6-7-8-9-10-13-20-28-23-17-15-21(16-18-23)25-24(27)26-19-12-11-14-22(26)4-2/h15-18,22H,3-14,19-20H2,1-2H3,(H,25,27). The predicted molar refractivity (Wildman–Crippen MR) is 118 cm³/mol. The second-order valence-corrected chi connectivity index (χ2v) is 8.03. The topological polar surface area (TPSA) is 41.6 Å². The highest BCUT2D eigenvalue weighted by atomic mass is 16.5. The fourth-order valence-corrected chi connectivity index (χ4v) is 3.95. The van der Waals surface area contributed by atoms with Crippen molar-refractivity contribution in [1.82, 2.24) is 4.90 Å². The summed E-state index contributed by atoms with van der Waals surface area (Å²) in [4.78, 5) is 14.6. The van der Waals surface area contributed by atoms with Crippen LogP contribution in [0.25, 0.3) is 0 Å². The van der Waals surface area contributed by atoms with Crippen LogP contribution < -0.4 is 10.1 Å². The SMILES string of the molecule is CCCCCCCCCCOc1ccc(NC(=O)N2CCCCC2CC)cc1. The molecular formula is C24H40N2O2. The Morgan fingerprint density at radius 2 is 1.68 bits per heavy atom. The number of ether oxygens (including phenoxy) is 1. The summed E-state index contributed by atoms with van der Waals surface area (Å²) in [5, 5.41) is 3.04. The van der Waals surface area contributed by atoms with Crippen LogP contribution >= 0.6 is 0 Å². The van der Waals surface area contributed by atoms with Crippen LogP contribution in [-0.2, 0) is 0 Å². The molecule has 1 aromatic carbocycles. The van der Waals surface area contributed by atoms with E-state index in [4.69, 9.17) is 4.74 Å². The van der Waals surface area contributed by atoms with E-state index in [0.717, 1.165) is 50.3 Å². The number of likely N-dealkylation sites (tertiary alicyclic amines) is 1. The van der Waals surface area contributed by atoms with Crippen molar-refractivity contribution in [1.29, 1.82) is 0 Å². The molecule has 28 heavy (non-hydrogen) atoms. The smallest absolute Gasteiger partial charge is 0.322 e. The van der Waals surface area contributed by atoms with Crippen molar-refractivity contribution in [3.05, 3.63) is 24.3 Å². The van der Waals surface area contributed by atoms with Crippen molar-refractivity contribution < 1.29 is 9.53 Å². The number of benzene rings is 1. The van der Waals surface area contributed by atoms with Crippen LogP contribution in [0.1, 0.15) is 90.9 Å². The van der Waals surface area contributed by atoms with Gasteiger partial charge < -0.3 is 15.0 Å². The summed E-state index contributed by atoms with van der Waals surface area (Å²) in [5.41, 5.74) is 0.838. The first kappa shape index (κ1) is 22.6. The average Bonchev–Trinajstić information content (AvgIpc) is 2.73. The molecule has 1 heterocycles. The summed E-state index contributed by atoms with van der Waals surface area (Å²) in [6, 6.07) is 8.18. The Labute approximate surface area is 172 Å². The molecule has 1 aromatic rings. The molecule has 4 heteroatoms. The summed E-state index contributed by atoms with van der Waals surface area (Å²) in [6.07, 6.45) is 14.9. The zero-order valence-electron chi connectivity index (χ0n) is 18.0. The Morgan fingerprint density at radius 3 is 2.36 bits per heavy atom. The molecular weight excluding hydrogens is 348 g/mol. The average molecular weight is 389 g/mol. The molecule has 2 amide bonds. The first-order chi connectivity index (χ1) is 13.7. The maximum absolute atomic E-state index is 12.6. The normalized spacial score (nSPS) is 16.8. The zero-order chi connectivity index (χ0) is 20.0. The molecule has 4 nitrogen and oxygen atoms in total. The Balaban J connectivity index is 1.62. The van der Waals surface area contributed by atoms with E-state index in [1.807, 2.05) is 29.2 Å². The van der Waals surface area contributed by atoms with E-state index in [9.17, 15) is 4.79 Å². The lowest BCUT2D eigenvalue weighted by molar-refractivity contribution is 0.160. The van der Waals surface area contributed by atoms with Crippen LogP contribution in [0, 0.1) is 0 Å². The first-order valence-electron chi connectivity index (χ1n) is 11.5. The van der Waals surface area contributed by atoms with Gasteiger partial charge in [-0.2, -0.15) is 0 Å². The Hall–Kier alpha value is -1.71. The molecule has 1 aliphatic rings. The van der Waals surface area contributed by atoms with E-state index >= 15 is 0 Å². The van der Waals surface area contributed by atoms with E-state index in [2.05, 4.69) is 19.2 Å². The molecule has 2 rings (SSSR count). The Morgan fingerprint density at radius 1 is 1.00 bits per heavy atom. The van der Waals surface area contributed by atoms with Gasteiger partial charge in [-0.1, -0.05) is 58.8 Å². The summed E-state index contributed by atoms with van der Waals surface area (Å²) in [7, 11) is 0. The number of hydrogen-bond donors (Lipinski definition) is 1. The van der Waals surface area contributed by atoms with Crippen molar-refractivity contribution in [3.63, 3.8) is 0 Å². The molecule has 1 aliphatic heterocycles. The van der Waals surface area contributed by atoms with Crippen LogP contribution in [0.3, 0.4) is 0 Å². The molecule has 158 valence electrons. The lowest BCUT2D eigenvalue weighted by Gasteiger charge is -2.35. The highest BCUT2D eigenvalue weighted by molar-refractivity contribution is 5.89. The second-order valence-electron chi connectivity index (χ2n) is 8.03. The van der Waals surface area contributed by atoms with E-state index in [0.29, 0.717) is 6.04 Å². The van der Waals surface area contributed by atoms with Crippen molar-refractivity contribution >= 4 is 11.7 Å². The van der Waals surface area contributed by atoms with Crippen molar-refractivity contribution in [2.75, 3.05) is 18.5 Å². The third kappa shape index (κ3) is 8.12. The van der Waals surface area contributed by atoms with Gasteiger partial charge in [0.2, 0.25) is 0 Å². The maximum atomic E-state index is 12.6. The van der Waals surface area contributed by atoms with Gasteiger partial charge in [-0.3, -0.25) is 0 Å². The number of piperidine rings is 1. The van der Waals surface area contributed by atoms with Crippen LogP contribution in [0.2, 0.25) is 0 Å². The second kappa shape index (κ2) is 13.5. The van der Waals surface area contributed by atoms with Gasteiger partial charge in [0.05, 0.1) is 6.61 Å². The summed E-state index contributed by atoms with van der Waals surface area (Å²) in [5.74, 6) is 0.880. The van der Waals surface area contributed by atoms with Gasteiger partial charge in [-0.05, 0) is 56.4 Å². The Kier molecular flexibility index (Phi) is 10.9. The first-order valence-corrected chi connectivity index (χ1v) is 11.5. The summed E-state index contributed by atoms with van der Waals surface area (Å²) < 4.78 is 5.84. The highest BCUT2D eigenvalue weighted by Crippen LogP contribution is 2.22. The van der Waals surface area contributed by atoms with Crippen molar-refractivity contribution in [3.8, 4) is 5.75 Å². The highest BCUT2D eigenvalue weighted by Gasteiger charge is 2.25. The van der Waals surface area contributed by atoms with E-state index in [1.165, 1.54) is 51.4 Å². The molecule has 0 radical (unpaired) electrons. The molecule has 0 saturated carbocycles. The minimum atomic E-state index is 0.0270. The van der Waals surface area contributed by atoms with Crippen LogP contribution in [0.5, 0.6) is 5.75 Å². The van der Waals surface area contributed by atoms with Gasteiger partial charge in [0.15, 0.2) is 0 Å². The lowest BCUT2D eigenvalue weighted by atomic mass is 10.0. The number of unbranched alkanes of at least 4 members (excludes halogenated alkanes) is 7. The van der Waals surface area contributed by atoms with E-state index in [1.54, 1.807) is 0 Å². The maximum Gasteiger partial charge on any atom is 0.322 e. The van der Waals surface area contributed by atoms with Gasteiger partial charge in [0, 0.05) is 18.3 Å². The van der Waals surface area contributed by atoms with E-state index < -0.39 is 0 Å². The number of hydrogen-bond acceptors (Lipinski definition) is 2. The van der Waals surface area contributed by atoms with Gasteiger partial charge in [-0.15, -0.1) is 0 Å². The number of urea groups is 1. The fraction of sp³-hybridized carbons (Fsp3) is 0.708. The number of amides is 2. The largest absolute Gasteiger partial charge is 0.494 e. The number of nitrogens with zero attached hydrogens (tertiary/aromatic N) is 1. The quantitative estimate of drug-likeness (QED) is 0.392. The fourth-order valence-electron chi connectivity index (χ4n) is 3.95. The molecule has 1 fully saturated rings. The molecule has 1 atom stereocenters. The number of rotatable bonds is 12. The number of anilines is 1. The molecule has 0 aliphatic carbocycles. The van der Waals surface area contributed by atoms with Crippen molar-refractivity contribution in [2.24, 2.45) is 0 Å². The zero-order valence-corrected chi connectivity index (χ0v) is 18.0. The van der Waals surface area contributed by atoms with Gasteiger partial charge in [0.1, 0.15) is 5.75 Å². The molecule has 1 unspecified atom stereocenters. The van der Waals surface area contributed by atoms with Gasteiger partial charge in [-0.25, -0.2) is 4.79 Å². The van der Waals surface area contributed by atoms with Crippen LogP contribution in [0.15, 0.2) is 24.3 Å².